The zero-order valence-corrected chi connectivity index (χ0v) is 5.68. The van der Waals surface area contributed by atoms with E-state index in [1.807, 2.05) is 11.9 Å². The Hall–Kier alpha value is -0.550. The van der Waals surface area contributed by atoms with Gasteiger partial charge in [-0.3, -0.25) is 4.85 Å². The van der Waals surface area contributed by atoms with E-state index in [2.05, 4.69) is 18.7 Å². The number of rotatable bonds is 2. The first kappa shape index (κ1) is 7.45. The van der Waals surface area contributed by atoms with Gasteiger partial charge in [0, 0.05) is 6.04 Å². The average molecular weight is 112 g/mol. The van der Waals surface area contributed by atoms with Crippen LogP contribution in [0.5, 0.6) is 0 Å². The van der Waals surface area contributed by atoms with Crippen LogP contribution in [-0.4, -0.2) is 24.7 Å². The summed E-state index contributed by atoms with van der Waals surface area (Å²) < 4.78 is 0. The van der Waals surface area contributed by atoms with Gasteiger partial charge >= 0.3 is 0 Å². The summed E-state index contributed by atoms with van der Waals surface area (Å²) in [7, 11) is 1.95. The third-order valence-electron chi connectivity index (χ3n) is 1.18. The average Bonchev–Trinajstić information content (AvgIpc) is 1.67. The smallest absolute Gasteiger partial charge is 0.270 e. The van der Waals surface area contributed by atoms with Crippen LogP contribution < -0.4 is 0 Å². The van der Waals surface area contributed by atoms with Crippen molar-refractivity contribution < 1.29 is 0 Å². The Morgan fingerprint density at radius 2 is 2.12 bits per heavy atom. The molecule has 0 amide bonds. The van der Waals surface area contributed by atoms with Crippen LogP contribution in [0, 0.1) is 6.57 Å². The molecular formula is C6H12N2. The Balaban J connectivity index is 3.35. The third kappa shape index (κ3) is 2.59. The first-order valence-corrected chi connectivity index (χ1v) is 2.72. The molecular weight excluding hydrogens is 100 g/mol. The Kier molecular flexibility index (Phi) is 3.21. The SMILES string of the molecule is [C-]#[N+]CN(C)C(C)C. The lowest BCUT2D eigenvalue weighted by molar-refractivity contribution is 0.302. The van der Waals surface area contributed by atoms with Crippen LogP contribution >= 0.6 is 0 Å². The van der Waals surface area contributed by atoms with E-state index in [0.29, 0.717) is 12.7 Å². The van der Waals surface area contributed by atoms with Crippen molar-refractivity contribution in [3.8, 4) is 0 Å². The highest BCUT2D eigenvalue weighted by Crippen LogP contribution is 1.90. The fraction of sp³-hybridized carbons (Fsp3) is 0.833. The van der Waals surface area contributed by atoms with Gasteiger partial charge in [0.1, 0.15) is 0 Å². The molecule has 0 saturated carbocycles. The van der Waals surface area contributed by atoms with Crippen molar-refractivity contribution in [2.45, 2.75) is 19.9 Å². The summed E-state index contributed by atoms with van der Waals surface area (Å²) in [6, 6.07) is 0.490. The fourth-order valence-electron chi connectivity index (χ4n) is 0.275. The van der Waals surface area contributed by atoms with Crippen molar-refractivity contribution in [1.29, 1.82) is 0 Å². The van der Waals surface area contributed by atoms with Crippen LogP contribution in [0.3, 0.4) is 0 Å². The summed E-state index contributed by atoms with van der Waals surface area (Å²) >= 11 is 0. The molecule has 0 aromatic heterocycles. The van der Waals surface area contributed by atoms with Gasteiger partial charge in [-0.2, -0.15) is 0 Å². The minimum atomic E-state index is 0.490. The second-order valence-corrected chi connectivity index (χ2v) is 2.15. The maximum absolute atomic E-state index is 6.51. The highest BCUT2D eigenvalue weighted by atomic mass is 15.2. The molecule has 0 aliphatic rings. The quantitative estimate of drug-likeness (QED) is 0.487. The van der Waals surface area contributed by atoms with E-state index in [1.165, 1.54) is 0 Å². The molecule has 0 radical (unpaired) electrons. The summed E-state index contributed by atoms with van der Waals surface area (Å²) in [6.07, 6.45) is 0. The minimum absolute atomic E-state index is 0.490. The molecule has 46 valence electrons. The molecule has 0 aliphatic carbocycles. The highest BCUT2D eigenvalue weighted by Gasteiger charge is 2.01. The van der Waals surface area contributed by atoms with Gasteiger partial charge in [-0.15, -0.1) is 0 Å². The Labute approximate surface area is 50.9 Å². The Morgan fingerprint density at radius 1 is 1.62 bits per heavy atom. The molecule has 0 unspecified atom stereocenters. The van der Waals surface area contributed by atoms with Crippen LogP contribution in [0.25, 0.3) is 4.85 Å². The standard InChI is InChI=1S/C6H12N2/c1-6(2)8(4)5-7-3/h6H,5H2,1-2,4H3. The Bertz CT molecular complexity index is 91.2. The third-order valence-corrected chi connectivity index (χ3v) is 1.18. The van der Waals surface area contributed by atoms with Crippen molar-refractivity contribution in [1.82, 2.24) is 4.90 Å². The van der Waals surface area contributed by atoms with Gasteiger partial charge in [0.15, 0.2) is 0 Å². The Morgan fingerprint density at radius 3 is 2.25 bits per heavy atom. The maximum Gasteiger partial charge on any atom is 0.270 e. The summed E-state index contributed by atoms with van der Waals surface area (Å²) in [5, 5.41) is 0. The lowest BCUT2D eigenvalue weighted by Gasteiger charge is -2.12. The van der Waals surface area contributed by atoms with E-state index in [0.717, 1.165) is 0 Å². The largest absolute Gasteiger partial charge is 0.299 e. The van der Waals surface area contributed by atoms with Crippen molar-refractivity contribution in [2.24, 2.45) is 0 Å². The molecule has 0 bridgehead atoms. The van der Waals surface area contributed by atoms with Gasteiger partial charge in [-0.1, -0.05) is 0 Å². The van der Waals surface area contributed by atoms with E-state index in [-0.39, 0.29) is 0 Å². The van der Waals surface area contributed by atoms with Crippen LogP contribution in [-0.2, 0) is 0 Å². The number of hydrogen-bond acceptors (Lipinski definition) is 1. The van der Waals surface area contributed by atoms with Crippen LogP contribution in [0.1, 0.15) is 13.8 Å². The monoisotopic (exact) mass is 112 g/mol. The molecule has 0 fully saturated rings. The second-order valence-electron chi connectivity index (χ2n) is 2.15. The predicted octanol–water partition coefficient (Wildman–Crippen LogP) is 1.20. The van der Waals surface area contributed by atoms with Crippen LogP contribution in [0.2, 0.25) is 0 Å². The molecule has 0 aromatic rings. The summed E-state index contributed by atoms with van der Waals surface area (Å²) in [4.78, 5) is 5.23. The van der Waals surface area contributed by atoms with E-state index >= 15 is 0 Å². The van der Waals surface area contributed by atoms with Gasteiger partial charge < -0.3 is 0 Å². The van der Waals surface area contributed by atoms with E-state index in [9.17, 15) is 0 Å². The maximum atomic E-state index is 6.51. The van der Waals surface area contributed by atoms with Gasteiger partial charge in [-0.25, -0.2) is 11.5 Å². The molecule has 2 heteroatoms. The van der Waals surface area contributed by atoms with Gasteiger partial charge in [-0.05, 0) is 20.9 Å². The van der Waals surface area contributed by atoms with E-state index < -0.39 is 0 Å². The molecule has 0 atom stereocenters. The van der Waals surface area contributed by atoms with Gasteiger partial charge in [0.2, 0.25) is 0 Å². The molecule has 0 rings (SSSR count). The first-order valence-electron chi connectivity index (χ1n) is 2.72. The highest BCUT2D eigenvalue weighted by molar-refractivity contribution is 4.61. The molecule has 0 saturated heterocycles. The van der Waals surface area contributed by atoms with E-state index in [4.69, 9.17) is 6.57 Å². The molecule has 2 nitrogen and oxygen atoms in total. The summed E-state index contributed by atoms with van der Waals surface area (Å²) in [5.41, 5.74) is 0. The molecule has 0 heterocycles. The predicted molar refractivity (Wildman–Crippen MR) is 34.4 cm³/mol. The molecule has 0 aromatic carbocycles. The van der Waals surface area contributed by atoms with Crippen molar-refractivity contribution in [3.63, 3.8) is 0 Å². The van der Waals surface area contributed by atoms with Crippen molar-refractivity contribution in [3.05, 3.63) is 11.4 Å². The van der Waals surface area contributed by atoms with E-state index in [1.54, 1.807) is 0 Å². The van der Waals surface area contributed by atoms with Crippen molar-refractivity contribution >= 4 is 0 Å². The number of nitrogens with zero attached hydrogens (tertiary/aromatic N) is 2. The van der Waals surface area contributed by atoms with Crippen molar-refractivity contribution in [2.75, 3.05) is 13.7 Å². The minimum Gasteiger partial charge on any atom is -0.299 e. The summed E-state index contributed by atoms with van der Waals surface area (Å²) in [5.74, 6) is 0. The molecule has 8 heavy (non-hydrogen) atoms. The summed E-state index contributed by atoms with van der Waals surface area (Å²) in [6.45, 7) is 11.2. The zero-order chi connectivity index (χ0) is 6.57. The molecule has 0 spiro atoms. The van der Waals surface area contributed by atoms with Crippen LogP contribution in [0.4, 0.5) is 0 Å². The molecule has 0 N–H and O–H groups in total. The lowest BCUT2D eigenvalue weighted by Crippen LogP contribution is -2.25. The first-order chi connectivity index (χ1) is 3.68. The zero-order valence-electron chi connectivity index (χ0n) is 5.68. The fourth-order valence-corrected chi connectivity index (χ4v) is 0.275. The van der Waals surface area contributed by atoms with Gasteiger partial charge in [0.25, 0.3) is 6.67 Å². The van der Waals surface area contributed by atoms with Gasteiger partial charge in [0.05, 0.1) is 0 Å². The number of hydrogen-bond donors (Lipinski definition) is 0. The second kappa shape index (κ2) is 3.45. The van der Waals surface area contributed by atoms with Crippen LogP contribution in [0.15, 0.2) is 0 Å². The normalized spacial score (nSPS) is 10.0. The molecule has 0 aliphatic heterocycles. The lowest BCUT2D eigenvalue weighted by atomic mass is 10.4. The topological polar surface area (TPSA) is 7.60 Å².